The normalized spacial score (nSPS) is 20.5. The zero-order chi connectivity index (χ0) is 17.8. The second-order valence-corrected chi connectivity index (χ2v) is 5.91. The highest BCUT2D eigenvalue weighted by Crippen LogP contribution is 2.28. The van der Waals surface area contributed by atoms with Gasteiger partial charge in [-0.3, -0.25) is 9.59 Å². The lowest BCUT2D eigenvalue weighted by molar-refractivity contribution is -0.126. The molecule has 1 N–H and O–H groups in total. The van der Waals surface area contributed by atoms with E-state index in [-0.39, 0.29) is 36.1 Å². The Morgan fingerprint density at radius 3 is 2.96 bits per heavy atom. The van der Waals surface area contributed by atoms with Gasteiger partial charge < -0.3 is 23.9 Å². The summed E-state index contributed by atoms with van der Waals surface area (Å²) in [6.07, 6.45) is 2.05. The van der Waals surface area contributed by atoms with Crippen LogP contribution in [0.2, 0.25) is 0 Å². The van der Waals surface area contributed by atoms with Crippen LogP contribution in [0.25, 0.3) is 0 Å². The molecule has 3 rings (SSSR count). The van der Waals surface area contributed by atoms with Crippen LogP contribution in [0.5, 0.6) is 0 Å². The van der Waals surface area contributed by atoms with E-state index in [1.54, 1.807) is 24.0 Å². The highest BCUT2D eigenvalue weighted by atomic mass is 16.5. The monoisotopic (exact) mass is 348 g/mol. The Balaban J connectivity index is 1.76. The van der Waals surface area contributed by atoms with Gasteiger partial charge in [-0.25, -0.2) is 0 Å². The largest absolute Gasteiger partial charge is 0.459 e. The number of hydrogen-bond donors (Lipinski definition) is 1. The Morgan fingerprint density at radius 2 is 2.32 bits per heavy atom. The van der Waals surface area contributed by atoms with Crippen molar-refractivity contribution in [3.63, 3.8) is 0 Å². The molecule has 25 heavy (non-hydrogen) atoms. The summed E-state index contributed by atoms with van der Waals surface area (Å²) >= 11 is 0. The molecule has 0 unspecified atom stereocenters. The van der Waals surface area contributed by atoms with Crippen molar-refractivity contribution >= 4 is 11.8 Å². The number of methoxy groups -OCH3 is 1. The second kappa shape index (κ2) is 7.47. The fourth-order valence-corrected chi connectivity index (χ4v) is 2.98. The first-order valence-corrected chi connectivity index (χ1v) is 7.99. The number of nitrogens with zero attached hydrogens (tertiary/aromatic N) is 3. The number of ether oxygens (including phenoxy) is 1. The third-order valence-corrected chi connectivity index (χ3v) is 4.11. The van der Waals surface area contributed by atoms with Crippen molar-refractivity contribution in [3.05, 3.63) is 35.9 Å². The summed E-state index contributed by atoms with van der Waals surface area (Å²) in [6, 6.07) is 2.93. The average Bonchev–Trinajstić information content (AvgIpc) is 3.26. The van der Waals surface area contributed by atoms with Crippen LogP contribution < -0.4 is 5.32 Å². The van der Waals surface area contributed by atoms with E-state index < -0.39 is 0 Å². The van der Waals surface area contributed by atoms with Gasteiger partial charge in [0.05, 0.1) is 18.2 Å². The summed E-state index contributed by atoms with van der Waals surface area (Å²) in [5.74, 6) is 0.630. The molecule has 3 heterocycles. The van der Waals surface area contributed by atoms with E-state index in [2.05, 4.69) is 15.5 Å². The predicted molar refractivity (Wildman–Crippen MR) is 84.8 cm³/mol. The topological polar surface area (TPSA) is 111 Å². The zero-order valence-corrected chi connectivity index (χ0v) is 14.1. The average molecular weight is 348 g/mol. The summed E-state index contributed by atoms with van der Waals surface area (Å²) in [5.41, 5.74) is 0. The summed E-state index contributed by atoms with van der Waals surface area (Å²) in [4.78, 5) is 30.4. The number of furan rings is 1. The van der Waals surface area contributed by atoms with E-state index >= 15 is 0 Å². The van der Waals surface area contributed by atoms with Crippen molar-refractivity contribution < 1.29 is 23.3 Å². The maximum absolute atomic E-state index is 12.5. The van der Waals surface area contributed by atoms with Gasteiger partial charge in [0.25, 0.3) is 5.91 Å². The summed E-state index contributed by atoms with van der Waals surface area (Å²) in [5, 5.41) is 6.71. The second-order valence-electron chi connectivity index (χ2n) is 5.91. The molecule has 0 aromatic carbocycles. The maximum atomic E-state index is 12.5. The first-order chi connectivity index (χ1) is 12.1. The molecule has 0 aliphatic carbocycles. The molecule has 0 spiro atoms. The fourth-order valence-electron chi connectivity index (χ4n) is 2.98. The number of nitrogens with one attached hydrogen (secondary N) is 1. The Kier molecular flexibility index (Phi) is 5.13. The van der Waals surface area contributed by atoms with Gasteiger partial charge in [-0.05, 0) is 25.5 Å². The Labute approximate surface area is 144 Å². The van der Waals surface area contributed by atoms with Crippen LogP contribution in [0.4, 0.5) is 0 Å². The minimum absolute atomic E-state index is 0.0573. The zero-order valence-electron chi connectivity index (χ0n) is 14.1. The van der Waals surface area contributed by atoms with Crippen molar-refractivity contribution in [2.24, 2.45) is 0 Å². The number of amides is 2. The van der Waals surface area contributed by atoms with E-state index in [9.17, 15) is 9.59 Å². The van der Waals surface area contributed by atoms with Gasteiger partial charge in [0.15, 0.2) is 11.6 Å². The number of likely N-dealkylation sites (tertiary alicyclic amines) is 1. The van der Waals surface area contributed by atoms with Crippen LogP contribution in [0.3, 0.4) is 0 Å². The Hall–Kier alpha value is -2.68. The van der Waals surface area contributed by atoms with Crippen molar-refractivity contribution in [2.75, 3.05) is 26.8 Å². The third kappa shape index (κ3) is 3.87. The molecule has 2 amide bonds. The maximum Gasteiger partial charge on any atom is 0.289 e. The van der Waals surface area contributed by atoms with Crippen LogP contribution in [-0.2, 0) is 9.53 Å². The molecule has 2 aromatic heterocycles. The minimum atomic E-state index is -0.352. The van der Waals surface area contributed by atoms with E-state index in [1.165, 1.54) is 13.4 Å². The third-order valence-electron chi connectivity index (χ3n) is 4.11. The number of carbonyl (C=O) groups excluding carboxylic acids is 2. The van der Waals surface area contributed by atoms with Gasteiger partial charge in [-0.2, -0.15) is 4.98 Å². The van der Waals surface area contributed by atoms with Crippen LogP contribution >= 0.6 is 0 Å². The first-order valence-electron chi connectivity index (χ1n) is 7.99. The SMILES string of the molecule is COCC(=O)N[C@@H]1CN(C(=O)c2ccco2)CC[C@@H]1c1nc(C)no1. The van der Waals surface area contributed by atoms with Gasteiger partial charge in [0, 0.05) is 20.2 Å². The number of rotatable bonds is 5. The van der Waals surface area contributed by atoms with Gasteiger partial charge in [0.1, 0.15) is 6.61 Å². The minimum Gasteiger partial charge on any atom is -0.459 e. The molecule has 0 radical (unpaired) electrons. The summed E-state index contributed by atoms with van der Waals surface area (Å²) in [7, 11) is 1.45. The molecule has 134 valence electrons. The number of aromatic nitrogens is 2. The number of carbonyl (C=O) groups is 2. The molecule has 0 bridgehead atoms. The van der Waals surface area contributed by atoms with Crippen LogP contribution in [0.1, 0.15) is 34.6 Å². The molecular formula is C16H20N4O5. The quantitative estimate of drug-likeness (QED) is 0.848. The van der Waals surface area contributed by atoms with Gasteiger partial charge >= 0.3 is 0 Å². The van der Waals surface area contributed by atoms with Gasteiger partial charge in [0.2, 0.25) is 11.8 Å². The van der Waals surface area contributed by atoms with Crippen molar-refractivity contribution in [3.8, 4) is 0 Å². The van der Waals surface area contributed by atoms with Crippen molar-refractivity contribution in [2.45, 2.75) is 25.3 Å². The van der Waals surface area contributed by atoms with Crippen molar-refractivity contribution in [1.82, 2.24) is 20.4 Å². The van der Waals surface area contributed by atoms with Crippen LogP contribution in [-0.4, -0.2) is 59.7 Å². The highest BCUT2D eigenvalue weighted by molar-refractivity contribution is 5.91. The first kappa shape index (κ1) is 17.2. The molecule has 1 aliphatic rings. The molecule has 9 heteroatoms. The van der Waals surface area contributed by atoms with Gasteiger partial charge in [-0.15, -0.1) is 0 Å². The Morgan fingerprint density at radius 1 is 1.48 bits per heavy atom. The standard InChI is InChI=1S/C16H20N4O5/c1-10-17-15(25-19-10)11-5-6-20(16(22)13-4-3-7-24-13)8-12(11)18-14(21)9-23-2/h3-4,7,11-12H,5-6,8-9H2,1-2H3,(H,18,21)/t11-,12+/m0/s1. The molecule has 1 fully saturated rings. The van der Waals surface area contributed by atoms with E-state index in [0.29, 0.717) is 31.2 Å². The molecule has 1 aliphatic heterocycles. The molecule has 2 atom stereocenters. The molecular weight excluding hydrogens is 328 g/mol. The highest BCUT2D eigenvalue weighted by Gasteiger charge is 2.37. The number of hydrogen-bond acceptors (Lipinski definition) is 7. The van der Waals surface area contributed by atoms with Crippen LogP contribution in [0.15, 0.2) is 27.3 Å². The van der Waals surface area contributed by atoms with Crippen molar-refractivity contribution in [1.29, 1.82) is 0 Å². The Bertz CT molecular complexity index is 727. The van der Waals surface area contributed by atoms with Crippen LogP contribution in [0, 0.1) is 6.92 Å². The summed E-state index contributed by atoms with van der Waals surface area (Å²) < 4.78 is 15.3. The molecule has 0 saturated carbocycles. The lowest BCUT2D eigenvalue weighted by Gasteiger charge is -2.37. The predicted octanol–water partition coefficient (Wildman–Crippen LogP) is 0.732. The van der Waals surface area contributed by atoms with E-state index in [1.807, 2.05) is 0 Å². The smallest absolute Gasteiger partial charge is 0.289 e. The van der Waals surface area contributed by atoms with E-state index in [4.69, 9.17) is 13.7 Å². The van der Waals surface area contributed by atoms with E-state index in [0.717, 1.165) is 0 Å². The lowest BCUT2D eigenvalue weighted by Crippen LogP contribution is -2.53. The molecule has 2 aromatic rings. The van der Waals surface area contributed by atoms with Gasteiger partial charge in [-0.1, -0.05) is 5.16 Å². The summed E-state index contributed by atoms with van der Waals surface area (Å²) in [6.45, 7) is 2.50. The number of piperidine rings is 1. The molecule has 9 nitrogen and oxygen atoms in total. The lowest BCUT2D eigenvalue weighted by atomic mass is 9.91. The molecule has 1 saturated heterocycles. The number of aryl methyl sites for hydroxylation is 1. The fraction of sp³-hybridized carbons (Fsp3) is 0.500.